The molecular weight excluding hydrogens is 382 g/mol. The molecule has 2 N–H and O–H groups in total. The summed E-state index contributed by atoms with van der Waals surface area (Å²) in [5.74, 6) is -1.57. The third kappa shape index (κ3) is 3.59. The number of ether oxygens (including phenoxy) is 1. The summed E-state index contributed by atoms with van der Waals surface area (Å²) in [6, 6.07) is 11.4. The molecule has 1 aliphatic heterocycles. The minimum absolute atomic E-state index is 0.0265. The smallest absolute Gasteiger partial charge is 0.295 e. The predicted octanol–water partition coefficient (Wildman–Crippen LogP) is 3.34. The first kappa shape index (κ1) is 20.2. The van der Waals surface area contributed by atoms with Crippen LogP contribution in [0.2, 0.25) is 0 Å². The molecule has 6 heteroatoms. The number of Topliss-reactive ketones (excluding diaryl/α,β-unsaturated/α-hetero) is 1. The van der Waals surface area contributed by atoms with E-state index in [0.717, 1.165) is 25.7 Å². The molecule has 2 aromatic carbocycles. The monoisotopic (exact) mass is 407 g/mol. The number of nitrogens with zero attached hydrogens (tertiary/aromatic N) is 1. The number of rotatable bonds is 5. The maximum atomic E-state index is 12.9. The number of phenolic OH excluding ortho intramolecular Hbond substituents is 1. The van der Waals surface area contributed by atoms with Crippen molar-refractivity contribution in [3.05, 3.63) is 70.3 Å². The number of aromatic hydroxyl groups is 1. The lowest BCUT2D eigenvalue weighted by atomic mass is 9.88. The van der Waals surface area contributed by atoms with Gasteiger partial charge in [-0.15, -0.1) is 0 Å². The maximum absolute atomic E-state index is 12.9. The fourth-order valence-corrected chi connectivity index (χ4v) is 4.38. The maximum Gasteiger partial charge on any atom is 0.295 e. The van der Waals surface area contributed by atoms with Crippen LogP contribution in [0.3, 0.4) is 0 Å². The molecule has 1 fully saturated rings. The number of methoxy groups -OCH3 is 1. The number of phenols is 1. The molecule has 2 aliphatic rings. The Morgan fingerprint density at radius 2 is 1.87 bits per heavy atom. The highest BCUT2D eigenvalue weighted by Gasteiger charge is 2.46. The third-order valence-corrected chi connectivity index (χ3v) is 5.88. The second kappa shape index (κ2) is 8.32. The number of aliphatic hydroxyl groups is 1. The molecule has 0 radical (unpaired) electrons. The van der Waals surface area contributed by atoms with Crippen LogP contribution in [0.25, 0.3) is 5.76 Å². The van der Waals surface area contributed by atoms with Gasteiger partial charge in [0.05, 0.1) is 18.2 Å². The molecule has 0 aromatic heterocycles. The van der Waals surface area contributed by atoms with Gasteiger partial charge in [-0.2, -0.15) is 0 Å². The number of aryl methyl sites for hydroxylation is 2. The van der Waals surface area contributed by atoms with Crippen molar-refractivity contribution in [2.24, 2.45) is 0 Å². The summed E-state index contributed by atoms with van der Waals surface area (Å²) in [5.41, 5.74) is 3.57. The summed E-state index contributed by atoms with van der Waals surface area (Å²) in [6.45, 7) is 0.448. The van der Waals surface area contributed by atoms with E-state index in [1.54, 1.807) is 12.1 Å². The molecule has 6 nitrogen and oxygen atoms in total. The van der Waals surface area contributed by atoms with Crippen LogP contribution in [-0.2, 0) is 27.2 Å². The number of ketones is 1. The van der Waals surface area contributed by atoms with E-state index in [2.05, 4.69) is 0 Å². The van der Waals surface area contributed by atoms with Gasteiger partial charge in [0.15, 0.2) is 0 Å². The average Bonchev–Trinajstić information content (AvgIpc) is 3.01. The summed E-state index contributed by atoms with van der Waals surface area (Å²) < 4.78 is 5.10. The minimum Gasteiger partial charge on any atom is -0.508 e. The van der Waals surface area contributed by atoms with Crippen LogP contribution in [0.4, 0.5) is 0 Å². The topological polar surface area (TPSA) is 87.1 Å². The fraction of sp³-hybridized carbons (Fsp3) is 0.333. The van der Waals surface area contributed by atoms with E-state index in [-0.39, 0.29) is 30.2 Å². The molecule has 0 saturated carbocycles. The summed E-state index contributed by atoms with van der Waals surface area (Å²) in [6.07, 6.45) is 4.21. The average molecular weight is 407 g/mol. The lowest BCUT2D eigenvalue weighted by Crippen LogP contribution is -2.32. The molecule has 1 aliphatic carbocycles. The molecule has 0 spiro atoms. The van der Waals surface area contributed by atoms with Crippen molar-refractivity contribution >= 4 is 17.4 Å². The number of hydrogen-bond donors (Lipinski definition) is 2. The standard InChI is InChI=1S/C24H25NO5/c1-30-12-11-25-21(17-7-4-8-19(26)14-17)20(23(28)24(25)29)22(27)18-10-9-15-5-2-3-6-16(15)13-18/h4,7-10,13-14,21,26-27H,2-3,5-6,11-12H2,1H3/b22-20-. The van der Waals surface area contributed by atoms with Crippen LogP contribution >= 0.6 is 0 Å². The Morgan fingerprint density at radius 3 is 2.60 bits per heavy atom. The van der Waals surface area contributed by atoms with Crippen molar-refractivity contribution in [2.45, 2.75) is 31.7 Å². The van der Waals surface area contributed by atoms with Gasteiger partial charge in [0, 0.05) is 19.2 Å². The van der Waals surface area contributed by atoms with Gasteiger partial charge >= 0.3 is 0 Å². The van der Waals surface area contributed by atoms with E-state index < -0.39 is 17.7 Å². The van der Waals surface area contributed by atoms with Gasteiger partial charge in [-0.1, -0.05) is 24.3 Å². The van der Waals surface area contributed by atoms with E-state index in [9.17, 15) is 19.8 Å². The number of hydrogen-bond acceptors (Lipinski definition) is 5. The largest absolute Gasteiger partial charge is 0.508 e. The Kier molecular flexibility index (Phi) is 5.59. The zero-order valence-corrected chi connectivity index (χ0v) is 16.9. The Hall–Kier alpha value is -3.12. The van der Waals surface area contributed by atoms with Crippen molar-refractivity contribution in [3.8, 4) is 5.75 Å². The minimum atomic E-state index is -0.789. The Bertz CT molecular complexity index is 1030. The first-order chi connectivity index (χ1) is 14.5. The van der Waals surface area contributed by atoms with Gasteiger partial charge in [0.1, 0.15) is 11.5 Å². The number of benzene rings is 2. The van der Waals surface area contributed by atoms with Gasteiger partial charge in [-0.25, -0.2) is 0 Å². The number of fused-ring (bicyclic) bond motifs is 1. The summed E-state index contributed by atoms with van der Waals surface area (Å²) in [4.78, 5) is 27.1. The Labute approximate surface area is 175 Å². The quantitative estimate of drug-likeness (QED) is 0.451. The first-order valence-electron chi connectivity index (χ1n) is 10.2. The molecule has 1 atom stereocenters. The number of aliphatic hydroxyl groups excluding tert-OH is 1. The van der Waals surface area contributed by atoms with Gasteiger partial charge in [0.25, 0.3) is 11.7 Å². The van der Waals surface area contributed by atoms with Gasteiger partial charge in [-0.3, -0.25) is 9.59 Å². The van der Waals surface area contributed by atoms with Crippen LogP contribution in [0.5, 0.6) is 5.75 Å². The fourth-order valence-electron chi connectivity index (χ4n) is 4.38. The number of carbonyl (C=O) groups is 2. The molecule has 4 rings (SSSR count). The molecule has 30 heavy (non-hydrogen) atoms. The number of likely N-dealkylation sites (tertiary alicyclic amines) is 1. The number of amides is 1. The highest BCUT2D eigenvalue weighted by Crippen LogP contribution is 2.40. The van der Waals surface area contributed by atoms with Crippen LogP contribution < -0.4 is 0 Å². The Morgan fingerprint density at radius 1 is 1.10 bits per heavy atom. The van der Waals surface area contributed by atoms with Crippen LogP contribution in [0.1, 0.15) is 41.1 Å². The van der Waals surface area contributed by atoms with Crippen LogP contribution in [0, 0.1) is 0 Å². The van der Waals surface area contributed by atoms with E-state index in [0.29, 0.717) is 11.1 Å². The van der Waals surface area contributed by atoms with Crippen molar-refractivity contribution < 1.29 is 24.5 Å². The molecule has 0 bridgehead atoms. The van der Waals surface area contributed by atoms with Gasteiger partial charge in [-0.05, 0) is 60.6 Å². The van der Waals surface area contributed by atoms with E-state index in [1.807, 2.05) is 18.2 Å². The molecule has 1 amide bonds. The molecule has 156 valence electrons. The molecule has 1 saturated heterocycles. The van der Waals surface area contributed by atoms with E-state index in [1.165, 1.54) is 35.3 Å². The summed E-state index contributed by atoms with van der Waals surface area (Å²) in [5, 5.41) is 21.1. The van der Waals surface area contributed by atoms with Crippen LogP contribution in [-0.4, -0.2) is 47.1 Å². The van der Waals surface area contributed by atoms with Crippen LogP contribution in [0.15, 0.2) is 48.0 Å². The van der Waals surface area contributed by atoms with Crippen molar-refractivity contribution in [1.82, 2.24) is 4.90 Å². The second-order valence-electron chi connectivity index (χ2n) is 7.77. The van der Waals surface area contributed by atoms with Crippen molar-refractivity contribution in [1.29, 1.82) is 0 Å². The van der Waals surface area contributed by atoms with Gasteiger partial charge in [0.2, 0.25) is 0 Å². The second-order valence-corrected chi connectivity index (χ2v) is 7.77. The Balaban J connectivity index is 1.84. The lowest BCUT2D eigenvalue weighted by Gasteiger charge is -2.25. The molecule has 1 unspecified atom stereocenters. The van der Waals surface area contributed by atoms with Gasteiger partial charge < -0.3 is 19.8 Å². The predicted molar refractivity (Wildman–Crippen MR) is 112 cm³/mol. The highest BCUT2D eigenvalue weighted by molar-refractivity contribution is 6.46. The number of carbonyl (C=O) groups excluding carboxylic acids is 2. The van der Waals surface area contributed by atoms with E-state index in [4.69, 9.17) is 4.74 Å². The summed E-state index contributed by atoms with van der Waals surface area (Å²) in [7, 11) is 1.52. The van der Waals surface area contributed by atoms with Crippen molar-refractivity contribution in [2.75, 3.05) is 20.3 Å². The van der Waals surface area contributed by atoms with Crippen molar-refractivity contribution in [3.63, 3.8) is 0 Å². The SMILES string of the molecule is COCCN1C(=O)C(=O)/C(=C(\O)c2ccc3c(c2)CCCC3)C1c1cccc(O)c1. The zero-order valence-electron chi connectivity index (χ0n) is 16.9. The molecule has 1 heterocycles. The first-order valence-corrected chi connectivity index (χ1v) is 10.2. The zero-order chi connectivity index (χ0) is 21.3. The lowest BCUT2D eigenvalue weighted by molar-refractivity contribution is -0.140. The third-order valence-electron chi connectivity index (χ3n) is 5.88. The van der Waals surface area contributed by atoms with E-state index >= 15 is 0 Å². The molecular formula is C24H25NO5. The summed E-state index contributed by atoms with van der Waals surface area (Å²) >= 11 is 0. The molecule has 2 aromatic rings. The normalized spacial score (nSPS) is 20.4. The highest BCUT2D eigenvalue weighted by atomic mass is 16.5.